The Morgan fingerprint density at radius 3 is 2.69 bits per heavy atom. The molecule has 0 N–H and O–H groups in total. The van der Waals surface area contributed by atoms with Crippen LogP contribution in [0.15, 0.2) is 47.7 Å². The molecule has 0 bridgehead atoms. The van der Waals surface area contributed by atoms with Crippen LogP contribution >= 0.6 is 11.6 Å². The fraction of sp³-hybridized carbons (Fsp3) is 0.368. The number of allylic oxidation sites excluding steroid dienone is 1. The zero-order chi connectivity index (χ0) is 18.7. The van der Waals surface area contributed by atoms with Crippen LogP contribution in [0.2, 0.25) is 5.02 Å². The molecule has 2 aliphatic rings. The van der Waals surface area contributed by atoms with Crippen molar-refractivity contribution in [2.75, 3.05) is 20.8 Å². The molecular formula is C19H19ClO6. The van der Waals surface area contributed by atoms with Crippen molar-refractivity contribution in [2.45, 2.75) is 12.7 Å². The highest BCUT2D eigenvalue weighted by Gasteiger charge is 2.44. The summed E-state index contributed by atoms with van der Waals surface area (Å²) in [5.41, 5.74) is 1.61. The molecule has 0 amide bonds. The smallest absolute Gasteiger partial charge is 0.339 e. The van der Waals surface area contributed by atoms with Crippen molar-refractivity contribution >= 4 is 23.5 Å². The van der Waals surface area contributed by atoms with Gasteiger partial charge in [-0.3, -0.25) is 0 Å². The van der Waals surface area contributed by atoms with Gasteiger partial charge in [0.15, 0.2) is 0 Å². The van der Waals surface area contributed by atoms with Crippen molar-refractivity contribution in [3.05, 3.63) is 58.3 Å². The second kappa shape index (κ2) is 7.93. The van der Waals surface area contributed by atoms with E-state index in [-0.39, 0.29) is 18.4 Å². The normalized spacial score (nSPS) is 24.0. The monoisotopic (exact) mass is 378 g/mol. The number of carbonyl (C=O) groups excluding carboxylic acids is 2. The standard InChI is InChI=1S/C19H19ClO6/c1-23-17(21)14-10-26-19(24-2)16-11(7-8-12(14)16)9-25-18(22)13-5-3-4-6-15(13)20/h3-7,10,12,16,19H,8-9H2,1-2H3/t12-,16-,19-/m1/s1. The zero-order valence-corrected chi connectivity index (χ0v) is 15.2. The summed E-state index contributed by atoms with van der Waals surface area (Å²) < 4.78 is 21.2. The summed E-state index contributed by atoms with van der Waals surface area (Å²) in [5.74, 6) is -1.29. The summed E-state index contributed by atoms with van der Waals surface area (Å²) in [6.07, 6.45) is 3.41. The minimum atomic E-state index is -0.554. The molecule has 3 rings (SSSR count). The first-order valence-electron chi connectivity index (χ1n) is 8.14. The lowest BCUT2D eigenvalue weighted by Crippen LogP contribution is -2.37. The Kier molecular flexibility index (Phi) is 5.64. The first-order chi connectivity index (χ1) is 12.6. The number of halogens is 1. The minimum Gasteiger partial charge on any atom is -0.471 e. The Labute approximate surface area is 156 Å². The molecule has 0 aromatic heterocycles. The summed E-state index contributed by atoms with van der Waals surface area (Å²) in [7, 11) is 2.86. The zero-order valence-electron chi connectivity index (χ0n) is 14.4. The predicted molar refractivity (Wildman–Crippen MR) is 93.4 cm³/mol. The van der Waals surface area contributed by atoms with Crippen molar-refractivity contribution in [3.63, 3.8) is 0 Å². The number of ether oxygens (including phenoxy) is 4. The van der Waals surface area contributed by atoms with E-state index in [4.69, 9.17) is 30.5 Å². The van der Waals surface area contributed by atoms with E-state index in [0.717, 1.165) is 5.57 Å². The lowest BCUT2D eigenvalue weighted by atomic mass is 9.83. The Bertz CT molecular complexity index is 769. The maximum atomic E-state index is 12.3. The minimum absolute atomic E-state index is 0.0723. The molecule has 1 aliphatic heterocycles. The molecule has 0 fully saturated rings. The fourth-order valence-corrected chi connectivity index (χ4v) is 3.56. The van der Waals surface area contributed by atoms with Crippen LogP contribution in [0.25, 0.3) is 0 Å². The first kappa shape index (κ1) is 18.5. The molecule has 6 nitrogen and oxygen atoms in total. The second-order valence-corrected chi connectivity index (χ2v) is 6.42. The number of carbonyl (C=O) groups is 2. The van der Waals surface area contributed by atoms with Gasteiger partial charge in [0.05, 0.1) is 35.4 Å². The molecule has 1 aromatic rings. The van der Waals surface area contributed by atoms with E-state index in [2.05, 4.69) is 0 Å². The predicted octanol–water partition coefficient (Wildman–Crippen LogP) is 3.12. The quantitative estimate of drug-likeness (QED) is 0.579. The van der Waals surface area contributed by atoms with E-state index in [0.29, 0.717) is 22.6 Å². The molecule has 0 spiro atoms. The summed E-state index contributed by atoms with van der Waals surface area (Å²) in [4.78, 5) is 24.2. The fourth-order valence-electron chi connectivity index (χ4n) is 3.34. The van der Waals surface area contributed by atoms with Gasteiger partial charge in [-0.2, -0.15) is 0 Å². The van der Waals surface area contributed by atoms with Crippen LogP contribution < -0.4 is 0 Å². The van der Waals surface area contributed by atoms with Crippen LogP contribution in [0.4, 0.5) is 0 Å². The Hall–Kier alpha value is -2.31. The van der Waals surface area contributed by atoms with Gasteiger partial charge in [0.1, 0.15) is 6.61 Å². The van der Waals surface area contributed by atoms with Gasteiger partial charge in [0.25, 0.3) is 0 Å². The third-order valence-corrected chi connectivity index (χ3v) is 4.96. The SMILES string of the molecule is COC(=O)C1=CO[C@@H](OC)[C@@H]2C(COC(=O)c3ccccc3Cl)=CC[C@H]12. The average Bonchev–Trinajstić information content (AvgIpc) is 3.09. The molecule has 0 saturated heterocycles. The molecule has 1 aromatic carbocycles. The molecule has 7 heteroatoms. The van der Waals surface area contributed by atoms with E-state index in [1.165, 1.54) is 20.5 Å². The van der Waals surface area contributed by atoms with Crippen molar-refractivity contribution in [1.82, 2.24) is 0 Å². The lowest BCUT2D eigenvalue weighted by Gasteiger charge is -2.33. The number of esters is 2. The summed E-state index contributed by atoms with van der Waals surface area (Å²) in [6.45, 7) is 0.0723. The number of fused-ring (bicyclic) bond motifs is 1. The lowest BCUT2D eigenvalue weighted by molar-refractivity contribution is -0.146. The topological polar surface area (TPSA) is 71.1 Å². The number of hydrogen-bond donors (Lipinski definition) is 0. The number of methoxy groups -OCH3 is 2. The summed E-state index contributed by atoms with van der Waals surface area (Å²) >= 11 is 6.03. The largest absolute Gasteiger partial charge is 0.471 e. The van der Waals surface area contributed by atoms with E-state index in [1.54, 1.807) is 24.3 Å². The number of rotatable bonds is 5. The molecular weight excluding hydrogens is 360 g/mol. The van der Waals surface area contributed by atoms with Crippen molar-refractivity contribution in [1.29, 1.82) is 0 Å². The van der Waals surface area contributed by atoms with Gasteiger partial charge in [-0.15, -0.1) is 0 Å². The van der Waals surface area contributed by atoms with E-state index in [1.807, 2.05) is 6.08 Å². The van der Waals surface area contributed by atoms with Crippen molar-refractivity contribution in [3.8, 4) is 0 Å². The summed E-state index contributed by atoms with van der Waals surface area (Å²) in [6, 6.07) is 6.70. The second-order valence-electron chi connectivity index (χ2n) is 6.01. The van der Waals surface area contributed by atoms with Gasteiger partial charge in [0.2, 0.25) is 6.29 Å². The molecule has 3 atom stereocenters. The Morgan fingerprint density at radius 1 is 1.23 bits per heavy atom. The van der Waals surface area contributed by atoms with Crippen LogP contribution in [0, 0.1) is 11.8 Å². The van der Waals surface area contributed by atoms with Gasteiger partial charge in [-0.05, 0) is 24.1 Å². The first-order valence-corrected chi connectivity index (χ1v) is 8.51. The summed E-state index contributed by atoms with van der Waals surface area (Å²) in [5, 5.41) is 0.336. The van der Waals surface area contributed by atoms with Gasteiger partial charge >= 0.3 is 11.9 Å². The highest BCUT2D eigenvalue weighted by Crippen LogP contribution is 2.43. The third-order valence-electron chi connectivity index (χ3n) is 4.63. The van der Waals surface area contributed by atoms with Gasteiger partial charge < -0.3 is 18.9 Å². The average molecular weight is 379 g/mol. The van der Waals surface area contributed by atoms with Crippen LogP contribution in [0.3, 0.4) is 0 Å². The third kappa shape index (κ3) is 3.48. The van der Waals surface area contributed by atoms with Crippen molar-refractivity contribution in [2.24, 2.45) is 11.8 Å². The van der Waals surface area contributed by atoms with Crippen LogP contribution in [-0.4, -0.2) is 39.1 Å². The van der Waals surface area contributed by atoms with Gasteiger partial charge in [0, 0.05) is 13.0 Å². The number of benzene rings is 1. The van der Waals surface area contributed by atoms with Crippen LogP contribution in [0.1, 0.15) is 16.8 Å². The molecule has 1 heterocycles. The van der Waals surface area contributed by atoms with Crippen molar-refractivity contribution < 1.29 is 28.5 Å². The van der Waals surface area contributed by atoms with E-state index in [9.17, 15) is 9.59 Å². The highest BCUT2D eigenvalue weighted by atomic mass is 35.5. The number of hydrogen-bond acceptors (Lipinski definition) is 6. The van der Waals surface area contributed by atoms with Gasteiger partial charge in [-0.25, -0.2) is 9.59 Å². The Balaban J connectivity index is 1.72. The molecule has 26 heavy (non-hydrogen) atoms. The highest BCUT2D eigenvalue weighted by molar-refractivity contribution is 6.33. The molecule has 138 valence electrons. The maximum absolute atomic E-state index is 12.3. The van der Waals surface area contributed by atoms with E-state index < -0.39 is 18.2 Å². The molecule has 1 aliphatic carbocycles. The van der Waals surface area contributed by atoms with E-state index >= 15 is 0 Å². The molecule has 0 radical (unpaired) electrons. The molecule has 0 unspecified atom stereocenters. The Morgan fingerprint density at radius 2 is 2.00 bits per heavy atom. The van der Waals surface area contributed by atoms with Crippen LogP contribution in [0.5, 0.6) is 0 Å². The van der Waals surface area contributed by atoms with Gasteiger partial charge in [-0.1, -0.05) is 29.8 Å². The molecule has 0 saturated carbocycles. The van der Waals surface area contributed by atoms with Crippen LogP contribution in [-0.2, 0) is 23.7 Å². The maximum Gasteiger partial charge on any atom is 0.339 e.